The van der Waals surface area contributed by atoms with Crippen LogP contribution < -0.4 is 5.73 Å². The fourth-order valence-corrected chi connectivity index (χ4v) is 1.73. The average molecular weight is 223 g/mol. The maximum Gasteiger partial charge on any atom is 0.131 e. The van der Waals surface area contributed by atoms with Gasteiger partial charge >= 0.3 is 0 Å². The second-order valence-electron chi connectivity index (χ2n) is 3.77. The summed E-state index contributed by atoms with van der Waals surface area (Å²) in [6.07, 6.45) is 1.63. The number of hydrogen-bond acceptors (Lipinski definition) is 4. The predicted octanol–water partition coefficient (Wildman–Crippen LogP) is 1.17. The number of rotatable bonds is 6. The fraction of sp³-hybridized carbons (Fsp3) is 0.667. The van der Waals surface area contributed by atoms with Crippen molar-refractivity contribution in [2.45, 2.75) is 33.6 Å². The Morgan fingerprint density at radius 2 is 1.75 bits per heavy atom. The maximum absolute atomic E-state index is 5.56. The maximum atomic E-state index is 5.56. The van der Waals surface area contributed by atoms with Gasteiger partial charge < -0.3 is 10.5 Å². The van der Waals surface area contributed by atoms with Crippen molar-refractivity contribution in [3.8, 4) is 0 Å². The quantitative estimate of drug-likeness (QED) is 0.735. The molecule has 1 rings (SSSR count). The van der Waals surface area contributed by atoms with Crippen LogP contribution in [0.5, 0.6) is 0 Å². The van der Waals surface area contributed by atoms with E-state index in [0.29, 0.717) is 13.2 Å². The van der Waals surface area contributed by atoms with Crippen LogP contribution in [-0.2, 0) is 17.6 Å². The summed E-state index contributed by atoms with van der Waals surface area (Å²) in [6, 6.07) is 0. The van der Waals surface area contributed by atoms with Crippen molar-refractivity contribution in [2.75, 3.05) is 19.8 Å². The van der Waals surface area contributed by atoms with E-state index in [-0.39, 0.29) is 0 Å². The van der Waals surface area contributed by atoms with Crippen LogP contribution in [0.2, 0.25) is 0 Å². The van der Waals surface area contributed by atoms with Crippen molar-refractivity contribution in [3.63, 3.8) is 0 Å². The fourth-order valence-electron chi connectivity index (χ4n) is 1.73. The first-order valence-electron chi connectivity index (χ1n) is 5.79. The zero-order valence-corrected chi connectivity index (χ0v) is 10.4. The van der Waals surface area contributed by atoms with Gasteiger partial charge in [0.2, 0.25) is 0 Å². The molecule has 0 saturated carbocycles. The summed E-state index contributed by atoms with van der Waals surface area (Å²) >= 11 is 0. The lowest BCUT2D eigenvalue weighted by atomic mass is 10.1. The standard InChI is InChI=1S/C12H21N3O/c1-4-16-8-6-12-14-9(2)11(5-7-13)10(3)15-12/h4-8,13H2,1-3H3. The summed E-state index contributed by atoms with van der Waals surface area (Å²) < 4.78 is 5.29. The number of ether oxygens (including phenoxy) is 1. The van der Waals surface area contributed by atoms with E-state index in [0.717, 1.165) is 36.7 Å². The van der Waals surface area contributed by atoms with Gasteiger partial charge in [-0.25, -0.2) is 9.97 Å². The first kappa shape index (κ1) is 13.1. The molecule has 0 amide bonds. The van der Waals surface area contributed by atoms with E-state index in [4.69, 9.17) is 10.5 Å². The molecule has 4 heteroatoms. The summed E-state index contributed by atoms with van der Waals surface area (Å²) in [5, 5.41) is 0. The van der Waals surface area contributed by atoms with Crippen LogP contribution in [0, 0.1) is 13.8 Å². The monoisotopic (exact) mass is 223 g/mol. The van der Waals surface area contributed by atoms with E-state index < -0.39 is 0 Å². The lowest BCUT2D eigenvalue weighted by Gasteiger charge is -2.09. The minimum Gasteiger partial charge on any atom is -0.381 e. The molecule has 4 nitrogen and oxygen atoms in total. The number of nitrogens with zero attached hydrogens (tertiary/aromatic N) is 2. The topological polar surface area (TPSA) is 61.0 Å². The molecule has 0 aliphatic heterocycles. The highest BCUT2D eigenvalue weighted by Gasteiger charge is 2.07. The molecule has 0 spiro atoms. The number of aryl methyl sites for hydroxylation is 2. The summed E-state index contributed by atoms with van der Waals surface area (Å²) in [5.74, 6) is 0.865. The van der Waals surface area contributed by atoms with Crippen molar-refractivity contribution < 1.29 is 4.74 Å². The lowest BCUT2D eigenvalue weighted by Crippen LogP contribution is -2.11. The first-order valence-corrected chi connectivity index (χ1v) is 5.79. The molecule has 1 aromatic heterocycles. The Kier molecular flexibility index (Phi) is 5.35. The second-order valence-corrected chi connectivity index (χ2v) is 3.77. The van der Waals surface area contributed by atoms with E-state index in [1.54, 1.807) is 0 Å². The Labute approximate surface area is 97.2 Å². The Bertz CT molecular complexity index is 316. The molecule has 0 aliphatic carbocycles. The molecule has 1 aromatic rings. The number of aromatic nitrogens is 2. The van der Waals surface area contributed by atoms with Gasteiger partial charge in [-0.05, 0) is 39.3 Å². The van der Waals surface area contributed by atoms with Gasteiger partial charge in [0.05, 0.1) is 6.61 Å². The van der Waals surface area contributed by atoms with E-state index in [9.17, 15) is 0 Å². The van der Waals surface area contributed by atoms with Crippen molar-refractivity contribution in [3.05, 3.63) is 22.8 Å². The van der Waals surface area contributed by atoms with Gasteiger partial charge in [0.25, 0.3) is 0 Å². The third kappa shape index (κ3) is 3.54. The van der Waals surface area contributed by atoms with Crippen molar-refractivity contribution in [2.24, 2.45) is 5.73 Å². The Hall–Kier alpha value is -1.00. The normalized spacial score (nSPS) is 10.8. The predicted molar refractivity (Wildman–Crippen MR) is 64.5 cm³/mol. The highest BCUT2D eigenvalue weighted by Crippen LogP contribution is 2.10. The third-order valence-electron chi connectivity index (χ3n) is 2.54. The van der Waals surface area contributed by atoms with Gasteiger partial charge in [0.15, 0.2) is 0 Å². The van der Waals surface area contributed by atoms with Crippen LogP contribution in [0.1, 0.15) is 29.7 Å². The molecule has 0 aliphatic rings. The molecule has 0 aromatic carbocycles. The summed E-state index contributed by atoms with van der Waals surface area (Å²) in [5.41, 5.74) is 8.83. The van der Waals surface area contributed by atoms with Gasteiger partial charge in [-0.2, -0.15) is 0 Å². The van der Waals surface area contributed by atoms with Crippen LogP contribution in [0.25, 0.3) is 0 Å². The Balaban J connectivity index is 2.75. The molecular formula is C12H21N3O. The SMILES string of the molecule is CCOCCc1nc(C)c(CCN)c(C)n1. The Morgan fingerprint density at radius 3 is 2.25 bits per heavy atom. The summed E-state index contributed by atoms with van der Waals surface area (Å²) in [7, 11) is 0. The zero-order valence-electron chi connectivity index (χ0n) is 10.4. The van der Waals surface area contributed by atoms with E-state index in [1.165, 1.54) is 5.56 Å². The third-order valence-corrected chi connectivity index (χ3v) is 2.54. The van der Waals surface area contributed by atoms with Crippen LogP contribution >= 0.6 is 0 Å². The van der Waals surface area contributed by atoms with E-state index >= 15 is 0 Å². The smallest absolute Gasteiger partial charge is 0.131 e. The highest BCUT2D eigenvalue weighted by atomic mass is 16.5. The molecule has 0 atom stereocenters. The molecule has 0 bridgehead atoms. The summed E-state index contributed by atoms with van der Waals surface area (Å²) in [6.45, 7) is 8.09. The number of hydrogen-bond donors (Lipinski definition) is 1. The van der Waals surface area contributed by atoms with Crippen LogP contribution in [0.4, 0.5) is 0 Å². The largest absolute Gasteiger partial charge is 0.381 e. The molecule has 90 valence electrons. The molecule has 0 radical (unpaired) electrons. The first-order chi connectivity index (χ1) is 7.69. The summed E-state index contributed by atoms with van der Waals surface area (Å²) in [4.78, 5) is 8.96. The molecule has 16 heavy (non-hydrogen) atoms. The lowest BCUT2D eigenvalue weighted by molar-refractivity contribution is 0.149. The molecule has 0 fully saturated rings. The second kappa shape index (κ2) is 6.55. The molecule has 1 heterocycles. The van der Waals surface area contributed by atoms with Crippen molar-refractivity contribution >= 4 is 0 Å². The molecule has 0 unspecified atom stereocenters. The Morgan fingerprint density at radius 1 is 1.12 bits per heavy atom. The van der Waals surface area contributed by atoms with Gasteiger partial charge in [-0.1, -0.05) is 0 Å². The van der Waals surface area contributed by atoms with E-state index in [2.05, 4.69) is 9.97 Å². The van der Waals surface area contributed by atoms with Gasteiger partial charge in [0, 0.05) is 24.4 Å². The van der Waals surface area contributed by atoms with Crippen LogP contribution in [0.15, 0.2) is 0 Å². The van der Waals surface area contributed by atoms with Crippen molar-refractivity contribution in [1.82, 2.24) is 9.97 Å². The number of nitrogens with two attached hydrogens (primary N) is 1. The zero-order chi connectivity index (χ0) is 12.0. The minimum atomic E-state index is 0.642. The highest BCUT2D eigenvalue weighted by molar-refractivity contribution is 5.24. The van der Waals surface area contributed by atoms with Crippen LogP contribution in [-0.4, -0.2) is 29.7 Å². The van der Waals surface area contributed by atoms with Gasteiger partial charge in [0.1, 0.15) is 5.82 Å². The molecular weight excluding hydrogens is 202 g/mol. The molecule has 0 saturated heterocycles. The van der Waals surface area contributed by atoms with Crippen molar-refractivity contribution in [1.29, 1.82) is 0 Å². The average Bonchev–Trinajstić information content (AvgIpc) is 2.24. The van der Waals surface area contributed by atoms with Gasteiger partial charge in [-0.3, -0.25) is 0 Å². The van der Waals surface area contributed by atoms with Crippen LogP contribution in [0.3, 0.4) is 0 Å². The minimum absolute atomic E-state index is 0.642. The van der Waals surface area contributed by atoms with Gasteiger partial charge in [-0.15, -0.1) is 0 Å². The molecule has 2 N–H and O–H groups in total. The van der Waals surface area contributed by atoms with E-state index in [1.807, 2.05) is 20.8 Å².